The minimum Gasteiger partial charge on any atom is -0.381 e. The summed E-state index contributed by atoms with van der Waals surface area (Å²) >= 11 is 0. The zero-order chi connectivity index (χ0) is 14.7. The fraction of sp³-hybridized carbons (Fsp3) is 1.00. The Kier molecular flexibility index (Phi) is 5.54. The zero-order valence-electron chi connectivity index (χ0n) is 13.6. The third-order valence-electron chi connectivity index (χ3n) is 5.80. The van der Waals surface area contributed by atoms with E-state index in [0.717, 1.165) is 12.0 Å². The van der Waals surface area contributed by atoms with Crippen LogP contribution in [-0.4, -0.2) is 56.2 Å². The summed E-state index contributed by atoms with van der Waals surface area (Å²) in [6.45, 7) is 5.24. The highest BCUT2D eigenvalue weighted by molar-refractivity contribution is 4.87. The first-order valence-electron chi connectivity index (χ1n) is 8.80. The maximum Gasteiger partial charge on any atom is 0.147 e. The number of fused-ring (bicyclic) bond motifs is 1. The molecule has 3 unspecified atom stereocenters. The first-order chi connectivity index (χ1) is 10.3. The summed E-state index contributed by atoms with van der Waals surface area (Å²) in [6.07, 6.45) is 9.97. The molecule has 0 spiro atoms. The number of ether oxygens (including phenoxy) is 3. The Morgan fingerprint density at radius 2 is 1.76 bits per heavy atom. The van der Waals surface area contributed by atoms with Gasteiger partial charge in [-0.25, -0.2) is 0 Å². The van der Waals surface area contributed by atoms with Gasteiger partial charge in [0.15, 0.2) is 0 Å². The monoisotopic (exact) mass is 297 g/mol. The van der Waals surface area contributed by atoms with Crippen molar-refractivity contribution in [2.24, 2.45) is 5.92 Å². The van der Waals surface area contributed by atoms with E-state index in [-0.39, 0.29) is 0 Å². The van der Waals surface area contributed by atoms with Crippen molar-refractivity contribution in [2.75, 3.05) is 27.0 Å². The quantitative estimate of drug-likeness (QED) is 0.781. The van der Waals surface area contributed by atoms with Crippen LogP contribution in [0.4, 0.5) is 0 Å². The number of methoxy groups -OCH3 is 1. The Morgan fingerprint density at radius 3 is 2.48 bits per heavy atom. The van der Waals surface area contributed by atoms with E-state index in [4.69, 9.17) is 14.2 Å². The molecule has 2 saturated carbocycles. The Balaban J connectivity index is 1.48. The minimum absolute atomic E-state index is 0.367. The van der Waals surface area contributed by atoms with Gasteiger partial charge < -0.3 is 19.1 Å². The van der Waals surface area contributed by atoms with Gasteiger partial charge >= 0.3 is 0 Å². The Hall–Kier alpha value is -0.160. The smallest absolute Gasteiger partial charge is 0.147 e. The molecular formula is C17H31NO3. The molecule has 0 N–H and O–H groups in total. The molecule has 0 aromatic heterocycles. The SMILES string of the molecule is CCN(CC1CCC2OCOC2C1)C1CCC(OC)CC1. The summed E-state index contributed by atoms with van der Waals surface area (Å²) in [7, 11) is 1.85. The van der Waals surface area contributed by atoms with Crippen molar-refractivity contribution in [3.8, 4) is 0 Å². The van der Waals surface area contributed by atoms with Crippen LogP contribution in [0.15, 0.2) is 0 Å². The predicted octanol–water partition coefficient (Wildman–Crippen LogP) is 2.81. The number of hydrogen-bond acceptors (Lipinski definition) is 4. The second-order valence-corrected chi connectivity index (χ2v) is 6.96. The third kappa shape index (κ3) is 3.79. The Morgan fingerprint density at radius 1 is 1.00 bits per heavy atom. The van der Waals surface area contributed by atoms with Crippen molar-refractivity contribution in [3.63, 3.8) is 0 Å². The summed E-state index contributed by atoms with van der Waals surface area (Å²) in [5.74, 6) is 0.785. The van der Waals surface area contributed by atoms with Crippen LogP contribution in [0, 0.1) is 5.92 Å². The molecule has 4 heteroatoms. The van der Waals surface area contributed by atoms with Gasteiger partial charge in [-0.1, -0.05) is 6.92 Å². The standard InChI is InChI=1S/C17H31NO3/c1-3-18(14-5-7-15(19-2)8-6-14)11-13-4-9-16-17(10-13)21-12-20-16/h13-17H,3-12H2,1-2H3. The summed E-state index contributed by atoms with van der Waals surface area (Å²) in [5.41, 5.74) is 0. The van der Waals surface area contributed by atoms with E-state index in [1.54, 1.807) is 0 Å². The topological polar surface area (TPSA) is 30.9 Å². The van der Waals surface area contributed by atoms with Crippen molar-refractivity contribution >= 4 is 0 Å². The lowest BCUT2D eigenvalue weighted by atomic mass is 9.84. The molecule has 122 valence electrons. The number of nitrogens with zero attached hydrogens (tertiary/aromatic N) is 1. The van der Waals surface area contributed by atoms with Crippen LogP contribution in [0.1, 0.15) is 51.9 Å². The number of hydrogen-bond donors (Lipinski definition) is 0. The van der Waals surface area contributed by atoms with Gasteiger partial charge in [0, 0.05) is 19.7 Å². The molecular weight excluding hydrogens is 266 g/mol. The molecule has 0 radical (unpaired) electrons. The maximum absolute atomic E-state index is 5.72. The fourth-order valence-electron chi connectivity index (χ4n) is 4.44. The van der Waals surface area contributed by atoms with E-state index in [2.05, 4.69) is 11.8 Å². The molecule has 1 heterocycles. The molecule has 0 aromatic rings. The molecule has 0 aromatic carbocycles. The summed E-state index contributed by atoms with van der Waals surface area (Å²) in [4.78, 5) is 2.71. The Bertz CT molecular complexity index is 317. The summed E-state index contributed by atoms with van der Waals surface area (Å²) < 4.78 is 16.8. The fourth-order valence-corrected chi connectivity index (χ4v) is 4.44. The summed E-state index contributed by atoms with van der Waals surface area (Å²) in [5, 5.41) is 0. The highest BCUT2D eigenvalue weighted by Gasteiger charge is 2.37. The first kappa shape index (κ1) is 15.7. The van der Waals surface area contributed by atoms with Crippen LogP contribution in [0.3, 0.4) is 0 Å². The van der Waals surface area contributed by atoms with Crippen molar-refractivity contribution < 1.29 is 14.2 Å². The van der Waals surface area contributed by atoms with E-state index in [1.807, 2.05) is 7.11 Å². The van der Waals surface area contributed by atoms with Gasteiger partial charge in [0.05, 0.1) is 18.3 Å². The molecule has 4 nitrogen and oxygen atoms in total. The van der Waals surface area contributed by atoms with Crippen LogP contribution in [0.2, 0.25) is 0 Å². The second kappa shape index (κ2) is 7.40. The van der Waals surface area contributed by atoms with Gasteiger partial charge in [0.2, 0.25) is 0 Å². The van der Waals surface area contributed by atoms with Gasteiger partial charge in [-0.05, 0) is 57.4 Å². The highest BCUT2D eigenvalue weighted by Crippen LogP contribution is 2.34. The normalized spacial score (nSPS) is 40.4. The molecule has 1 saturated heterocycles. The maximum atomic E-state index is 5.72. The highest BCUT2D eigenvalue weighted by atomic mass is 16.7. The Labute approximate surface area is 129 Å². The van der Waals surface area contributed by atoms with Crippen molar-refractivity contribution in [3.05, 3.63) is 0 Å². The molecule has 1 aliphatic heterocycles. The van der Waals surface area contributed by atoms with Crippen molar-refractivity contribution in [1.82, 2.24) is 4.90 Å². The van der Waals surface area contributed by atoms with Gasteiger partial charge in [0.25, 0.3) is 0 Å². The van der Waals surface area contributed by atoms with E-state index in [0.29, 0.717) is 25.1 Å². The third-order valence-corrected chi connectivity index (χ3v) is 5.80. The summed E-state index contributed by atoms with van der Waals surface area (Å²) in [6, 6.07) is 0.764. The van der Waals surface area contributed by atoms with E-state index in [9.17, 15) is 0 Å². The van der Waals surface area contributed by atoms with Crippen LogP contribution >= 0.6 is 0 Å². The van der Waals surface area contributed by atoms with Crippen LogP contribution < -0.4 is 0 Å². The van der Waals surface area contributed by atoms with E-state index >= 15 is 0 Å². The van der Waals surface area contributed by atoms with E-state index in [1.165, 1.54) is 58.0 Å². The van der Waals surface area contributed by atoms with Gasteiger partial charge in [-0.3, -0.25) is 0 Å². The molecule has 21 heavy (non-hydrogen) atoms. The minimum atomic E-state index is 0.367. The molecule has 0 amide bonds. The number of rotatable bonds is 5. The molecule has 3 rings (SSSR count). The van der Waals surface area contributed by atoms with Gasteiger partial charge in [-0.2, -0.15) is 0 Å². The molecule has 3 aliphatic rings. The van der Waals surface area contributed by atoms with Crippen LogP contribution in [0.25, 0.3) is 0 Å². The van der Waals surface area contributed by atoms with Crippen LogP contribution in [0.5, 0.6) is 0 Å². The molecule has 3 atom stereocenters. The average molecular weight is 297 g/mol. The largest absolute Gasteiger partial charge is 0.381 e. The van der Waals surface area contributed by atoms with Crippen molar-refractivity contribution in [1.29, 1.82) is 0 Å². The van der Waals surface area contributed by atoms with Gasteiger partial charge in [0.1, 0.15) is 6.79 Å². The lowest BCUT2D eigenvalue weighted by Crippen LogP contribution is -2.44. The van der Waals surface area contributed by atoms with E-state index < -0.39 is 0 Å². The molecule has 2 aliphatic carbocycles. The predicted molar refractivity (Wildman–Crippen MR) is 82.3 cm³/mol. The lowest BCUT2D eigenvalue weighted by Gasteiger charge is -2.39. The average Bonchev–Trinajstić information content (AvgIpc) is 3.00. The molecule has 3 fully saturated rings. The second-order valence-electron chi connectivity index (χ2n) is 6.96. The van der Waals surface area contributed by atoms with Crippen LogP contribution in [-0.2, 0) is 14.2 Å². The first-order valence-corrected chi connectivity index (χ1v) is 8.80. The van der Waals surface area contributed by atoms with Gasteiger partial charge in [-0.15, -0.1) is 0 Å². The zero-order valence-corrected chi connectivity index (χ0v) is 13.6. The lowest BCUT2D eigenvalue weighted by molar-refractivity contribution is 0.0227. The molecule has 0 bridgehead atoms. The van der Waals surface area contributed by atoms with Crippen molar-refractivity contribution in [2.45, 2.75) is 76.2 Å².